The van der Waals surface area contributed by atoms with Gasteiger partial charge < -0.3 is 16.0 Å². The van der Waals surface area contributed by atoms with E-state index < -0.39 is 5.54 Å². The van der Waals surface area contributed by atoms with Crippen molar-refractivity contribution >= 4 is 11.6 Å². The van der Waals surface area contributed by atoms with Crippen LogP contribution in [-0.4, -0.2) is 31.6 Å². The van der Waals surface area contributed by atoms with Crippen LogP contribution in [0.2, 0.25) is 0 Å². The zero-order valence-electron chi connectivity index (χ0n) is 11.4. The van der Waals surface area contributed by atoms with Crippen molar-refractivity contribution in [2.75, 3.05) is 25.0 Å². The van der Waals surface area contributed by atoms with E-state index in [1.165, 1.54) is 5.69 Å². The predicted octanol–water partition coefficient (Wildman–Crippen LogP) is 1.37. The number of benzene rings is 1. The Morgan fingerprint density at radius 2 is 1.94 bits per heavy atom. The minimum Gasteiger partial charge on any atom is -0.375 e. The molecule has 1 aromatic carbocycles. The Hall–Kier alpha value is -1.55. The smallest absolute Gasteiger partial charge is 0.239 e. The lowest BCUT2D eigenvalue weighted by Gasteiger charge is -2.21. The van der Waals surface area contributed by atoms with E-state index in [4.69, 9.17) is 5.73 Å². The molecule has 0 fully saturated rings. The summed E-state index contributed by atoms with van der Waals surface area (Å²) in [6.07, 6.45) is 0.896. The average molecular weight is 249 g/mol. The first-order chi connectivity index (χ1) is 8.41. The number of nitrogens with one attached hydrogen (secondary N) is 1. The molecule has 100 valence electrons. The normalized spacial score (nSPS) is 11.1. The molecule has 0 spiro atoms. The van der Waals surface area contributed by atoms with Crippen LogP contribution in [0.15, 0.2) is 30.3 Å². The van der Waals surface area contributed by atoms with Gasteiger partial charge in [0, 0.05) is 25.8 Å². The third kappa shape index (κ3) is 4.75. The van der Waals surface area contributed by atoms with E-state index in [1.807, 2.05) is 25.2 Å². The van der Waals surface area contributed by atoms with E-state index in [2.05, 4.69) is 22.3 Å². The quantitative estimate of drug-likeness (QED) is 0.749. The molecule has 0 aliphatic heterocycles. The molecular formula is C14H23N3O. The fourth-order valence-electron chi connectivity index (χ4n) is 1.56. The Bertz CT molecular complexity index is 370. The van der Waals surface area contributed by atoms with E-state index in [0.717, 1.165) is 13.0 Å². The lowest BCUT2D eigenvalue weighted by Crippen LogP contribution is -2.49. The van der Waals surface area contributed by atoms with Crippen LogP contribution < -0.4 is 16.0 Å². The largest absolute Gasteiger partial charge is 0.375 e. The van der Waals surface area contributed by atoms with Crippen LogP contribution in [0.5, 0.6) is 0 Å². The molecule has 1 aromatic rings. The van der Waals surface area contributed by atoms with Crippen molar-refractivity contribution in [3.63, 3.8) is 0 Å². The molecule has 0 saturated heterocycles. The minimum absolute atomic E-state index is 0.107. The molecule has 4 heteroatoms. The first-order valence-corrected chi connectivity index (χ1v) is 6.24. The number of nitrogens with two attached hydrogens (primary N) is 1. The van der Waals surface area contributed by atoms with E-state index >= 15 is 0 Å². The summed E-state index contributed by atoms with van der Waals surface area (Å²) < 4.78 is 0. The Labute approximate surface area is 109 Å². The summed E-state index contributed by atoms with van der Waals surface area (Å²) >= 11 is 0. The Balaban J connectivity index is 2.25. The molecule has 0 aromatic heterocycles. The van der Waals surface area contributed by atoms with Crippen LogP contribution in [0.25, 0.3) is 0 Å². The maximum absolute atomic E-state index is 11.5. The van der Waals surface area contributed by atoms with Gasteiger partial charge >= 0.3 is 0 Å². The predicted molar refractivity (Wildman–Crippen MR) is 75.6 cm³/mol. The highest BCUT2D eigenvalue weighted by atomic mass is 16.2. The first kappa shape index (κ1) is 14.5. The van der Waals surface area contributed by atoms with Crippen molar-refractivity contribution < 1.29 is 4.79 Å². The summed E-state index contributed by atoms with van der Waals surface area (Å²) in [6.45, 7) is 4.96. The number of rotatable bonds is 6. The SMILES string of the molecule is CN(CCCNC(=O)C(C)(C)N)c1ccccc1. The molecule has 0 aliphatic rings. The Morgan fingerprint density at radius 3 is 2.50 bits per heavy atom. The van der Waals surface area contributed by atoms with Crippen molar-refractivity contribution in [2.24, 2.45) is 5.73 Å². The zero-order valence-corrected chi connectivity index (χ0v) is 11.4. The van der Waals surface area contributed by atoms with Crippen molar-refractivity contribution in [1.29, 1.82) is 0 Å². The van der Waals surface area contributed by atoms with Crippen LogP contribution >= 0.6 is 0 Å². The number of carbonyl (C=O) groups excluding carboxylic acids is 1. The Kier molecular flexibility index (Phi) is 5.16. The van der Waals surface area contributed by atoms with Gasteiger partial charge in [0.15, 0.2) is 0 Å². The van der Waals surface area contributed by atoms with E-state index in [1.54, 1.807) is 13.8 Å². The van der Waals surface area contributed by atoms with Gasteiger partial charge in [-0.25, -0.2) is 0 Å². The fourth-order valence-corrected chi connectivity index (χ4v) is 1.56. The maximum Gasteiger partial charge on any atom is 0.239 e. The van der Waals surface area contributed by atoms with Gasteiger partial charge in [-0.2, -0.15) is 0 Å². The number of carbonyl (C=O) groups is 1. The van der Waals surface area contributed by atoms with Crippen LogP contribution in [0, 0.1) is 0 Å². The van der Waals surface area contributed by atoms with Gasteiger partial charge in [0.25, 0.3) is 0 Å². The van der Waals surface area contributed by atoms with E-state index in [-0.39, 0.29) is 5.91 Å². The molecule has 0 heterocycles. The molecule has 0 radical (unpaired) electrons. The summed E-state index contributed by atoms with van der Waals surface area (Å²) in [4.78, 5) is 13.7. The first-order valence-electron chi connectivity index (χ1n) is 6.24. The number of para-hydroxylation sites is 1. The Morgan fingerprint density at radius 1 is 1.33 bits per heavy atom. The van der Waals surface area contributed by atoms with Gasteiger partial charge in [-0.05, 0) is 32.4 Å². The third-order valence-electron chi connectivity index (χ3n) is 2.74. The second kappa shape index (κ2) is 6.40. The summed E-state index contributed by atoms with van der Waals surface area (Å²) in [5.41, 5.74) is 6.07. The summed E-state index contributed by atoms with van der Waals surface area (Å²) in [5.74, 6) is -0.107. The van der Waals surface area contributed by atoms with Crippen molar-refractivity contribution in [3.8, 4) is 0 Å². The van der Waals surface area contributed by atoms with Gasteiger partial charge in [-0.3, -0.25) is 4.79 Å². The van der Waals surface area contributed by atoms with E-state index in [0.29, 0.717) is 6.54 Å². The number of nitrogens with zero attached hydrogens (tertiary/aromatic N) is 1. The van der Waals surface area contributed by atoms with Crippen molar-refractivity contribution in [3.05, 3.63) is 30.3 Å². The topological polar surface area (TPSA) is 58.4 Å². The lowest BCUT2D eigenvalue weighted by atomic mass is 10.1. The number of hydrogen-bond acceptors (Lipinski definition) is 3. The summed E-state index contributed by atoms with van der Waals surface area (Å²) in [5, 5.41) is 2.84. The third-order valence-corrected chi connectivity index (χ3v) is 2.74. The van der Waals surface area contributed by atoms with Crippen molar-refractivity contribution in [1.82, 2.24) is 5.32 Å². The molecule has 4 nitrogen and oxygen atoms in total. The molecule has 3 N–H and O–H groups in total. The molecule has 0 unspecified atom stereocenters. The monoisotopic (exact) mass is 249 g/mol. The van der Waals surface area contributed by atoms with Crippen LogP contribution in [-0.2, 0) is 4.79 Å². The van der Waals surface area contributed by atoms with Crippen LogP contribution in [0.1, 0.15) is 20.3 Å². The summed E-state index contributed by atoms with van der Waals surface area (Å²) in [7, 11) is 2.05. The zero-order chi connectivity index (χ0) is 13.6. The molecule has 0 aliphatic carbocycles. The molecular weight excluding hydrogens is 226 g/mol. The van der Waals surface area contributed by atoms with Crippen LogP contribution in [0.3, 0.4) is 0 Å². The molecule has 18 heavy (non-hydrogen) atoms. The second-order valence-electron chi connectivity index (χ2n) is 5.09. The van der Waals surface area contributed by atoms with Gasteiger partial charge in [-0.15, -0.1) is 0 Å². The number of amides is 1. The van der Waals surface area contributed by atoms with Gasteiger partial charge in [-0.1, -0.05) is 18.2 Å². The number of anilines is 1. The molecule has 0 bridgehead atoms. The van der Waals surface area contributed by atoms with Crippen LogP contribution in [0.4, 0.5) is 5.69 Å². The average Bonchev–Trinajstić information content (AvgIpc) is 2.34. The molecule has 0 saturated carbocycles. The highest BCUT2D eigenvalue weighted by Gasteiger charge is 2.20. The van der Waals surface area contributed by atoms with Crippen molar-refractivity contribution in [2.45, 2.75) is 25.8 Å². The van der Waals surface area contributed by atoms with Gasteiger partial charge in [0.1, 0.15) is 0 Å². The molecule has 0 atom stereocenters. The fraction of sp³-hybridized carbons (Fsp3) is 0.500. The highest BCUT2D eigenvalue weighted by molar-refractivity contribution is 5.84. The van der Waals surface area contributed by atoms with Gasteiger partial charge in [0.2, 0.25) is 5.91 Å². The van der Waals surface area contributed by atoms with Gasteiger partial charge in [0.05, 0.1) is 5.54 Å². The molecule has 1 amide bonds. The maximum atomic E-state index is 11.5. The lowest BCUT2D eigenvalue weighted by molar-refractivity contribution is -0.125. The molecule has 1 rings (SSSR count). The second-order valence-corrected chi connectivity index (χ2v) is 5.09. The highest BCUT2D eigenvalue weighted by Crippen LogP contribution is 2.10. The minimum atomic E-state index is -0.800. The number of hydrogen-bond donors (Lipinski definition) is 2. The standard InChI is InChI=1S/C14H23N3O/c1-14(2,15)13(18)16-10-7-11-17(3)12-8-5-4-6-9-12/h4-6,8-9H,7,10-11,15H2,1-3H3,(H,16,18). The van der Waals surface area contributed by atoms with E-state index in [9.17, 15) is 4.79 Å². The summed E-state index contributed by atoms with van der Waals surface area (Å²) in [6, 6.07) is 10.2.